The number of hydrogen-bond donors (Lipinski definition) is 4. The maximum absolute atomic E-state index is 3.74. The number of rotatable bonds is 0. The van der Waals surface area contributed by atoms with Gasteiger partial charge >= 0.3 is 0 Å². The second-order valence-electron chi connectivity index (χ2n) is 4.49. The van der Waals surface area contributed by atoms with Gasteiger partial charge in [-0.15, -0.1) is 30.0 Å². The molecule has 0 aliphatic rings. The minimum Gasteiger partial charge on any atom is -0.465 e. The normalized spacial score (nSPS) is 7.57. The Kier molecular flexibility index (Phi) is 31.9. The third-order valence-corrected chi connectivity index (χ3v) is 2.22. The first kappa shape index (κ1) is 36.6. The predicted octanol–water partition coefficient (Wildman–Crippen LogP) is 1.46. The van der Waals surface area contributed by atoms with E-state index in [4.69, 9.17) is 0 Å². The van der Waals surface area contributed by atoms with E-state index in [1.165, 1.54) is 0 Å². The molecule has 13 heteroatoms. The van der Waals surface area contributed by atoms with Crippen molar-refractivity contribution >= 4 is 0 Å². The Balaban J connectivity index is -0.000000131. The van der Waals surface area contributed by atoms with Gasteiger partial charge in [-0.05, 0) is 18.5 Å². The maximum atomic E-state index is 3.74. The van der Waals surface area contributed by atoms with Crippen LogP contribution in [0.5, 0.6) is 0 Å². The average molecular weight is 681 g/mol. The van der Waals surface area contributed by atoms with E-state index in [1.54, 1.807) is 18.5 Å². The number of nitrogens with one attached hydrogen (secondary N) is 4. The molecule has 0 atom stereocenters. The summed E-state index contributed by atoms with van der Waals surface area (Å²) in [6.07, 6.45) is 13.6. The fourth-order valence-electron chi connectivity index (χ4n) is 1.09. The summed E-state index contributed by atoms with van der Waals surface area (Å²) in [4.78, 5) is 16.6. The predicted molar refractivity (Wildman–Crippen MR) is 86.4 cm³/mol. The monoisotopic (exact) mass is 681 g/mol. The number of imidazole rings is 2. The van der Waals surface area contributed by atoms with Crippen molar-refractivity contribution in [2.45, 2.75) is 27.7 Å². The van der Waals surface area contributed by atoms with Crippen LogP contribution in [-0.2, 0) is 131 Å². The molecule has 0 aliphatic carbocycles. The van der Waals surface area contributed by atoms with Crippen LogP contribution in [0.2, 0.25) is 0 Å². The SMILES string of the molecule is Cc1c[c-]n[nH]1.Cc1cn[c-][nH]1.Cc1n[c-]c[nH]1.Cc1n[c-]n[nH]1.[Y].[Y].[Y].[Y]. The molecule has 0 fully saturated rings. The quantitative estimate of drug-likeness (QED) is 0.209. The number of nitrogens with zero attached hydrogens (tertiary/aromatic N) is 5. The molecule has 9 nitrogen and oxygen atoms in total. The Labute approximate surface area is 265 Å². The summed E-state index contributed by atoms with van der Waals surface area (Å²) < 4.78 is 0. The molecule has 28 heavy (non-hydrogen) atoms. The van der Waals surface area contributed by atoms with E-state index in [9.17, 15) is 0 Å². The standard InChI is InChI=1S/3C4H5N2.C3H4N3.4Y/c1-4-2-5-3-6-4;1-4-5-2-3-6-4;1-4-2-3-5-6-4;1-3-4-2-5-6-3;;;;/h3*2H,1H3,(H,5,6);1H3,(H,4,5,6);;;;/q4*-1;;;;. The van der Waals surface area contributed by atoms with Crippen molar-refractivity contribution in [1.29, 1.82) is 0 Å². The molecule has 0 aliphatic heterocycles. The Morgan fingerprint density at radius 3 is 1.64 bits per heavy atom. The third kappa shape index (κ3) is 21.9. The summed E-state index contributed by atoms with van der Waals surface area (Å²) in [5.41, 5.74) is 2.10. The van der Waals surface area contributed by atoms with Crippen molar-refractivity contribution in [3.63, 3.8) is 0 Å². The first-order chi connectivity index (χ1) is 11.6. The molecule has 0 saturated carbocycles. The van der Waals surface area contributed by atoms with Crippen molar-refractivity contribution in [3.8, 4) is 0 Å². The van der Waals surface area contributed by atoms with E-state index < -0.39 is 0 Å². The zero-order valence-corrected chi connectivity index (χ0v) is 27.6. The molecule has 4 rings (SSSR count). The van der Waals surface area contributed by atoms with Crippen molar-refractivity contribution in [3.05, 3.63) is 66.5 Å². The molecule has 0 spiro atoms. The average Bonchev–Trinajstić information content (AvgIpc) is 3.31. The molecule has 0 amide bonds. The topological polar surface area (TPSA) is 128 Å². The minimum absolute atomic E-state index is 0. The van der Waals surface area contributed by atoms with Crippen LogP contribution >= 0.6 is 0 Å². The van der Waals surface area contributed by atoms with Crippen LogP contribution in [0.1, 0.15) is 23.0 Å². The first-order valence-electron chi connectivity index (χ1n) is 6.96. The molecule has 0 saturated heterocycles. The summed E-state index contributed by atoms with van der Waals surface area (Å²) in [6, 6.07) is 1.79. The second-order valence-corrected chi connectivity index (χ2v) is 4.49. The van der Waals surface area contributed by atoms with Crippen LogP contribution in [0.25, 0.3) is 0 Å². The Morgan fingerprint density at radius 1 is 0.786 bits per heavy atom. The van der Waals surface area contributed by atoms with E-state index in [1.807, 2.05) is 27.7 Å². The van der Waals surface area contributed by atoms with Crippen LogP contribution in [0.4, 0.5) is 0 Å². The van der Waals surface area contributed by atoms with Gasteiger partial charge in [0.2, 0.25) is 0 Å². The fourth-order valence-corrected chi connectivity index (χ4v) is 1.09. The van der Waals surface area contributed by atoms with Crippen molar-refractivity contribution in [2.24, 2.45) is 0 Å². The molecule has 4 N–H and O–H groups in total. The number of aromatic amines is 4. The molecule has 4 heterocycles. The largest absolute Gasteiger partial charge is 0.465 e. The molecule has 4 radical (unpaired) electrons. The van der Waals surface area contributed by atoms with Crippen molar-refractivity contribution < 1.29 is 131 Å². The van der Waals surface area contributed by atoms with Gasteiger partial charge in [-0.1, -0.05) is 39.7 Å². The zero-order chi connectivity index (χ0) is 17.6. The number of hydrogen-bond acceptors (Lipinski definition) is 5. The van der Waals surface area contributed by atoms with Crippen LogP contribution in [0.3, 0.4) is 0 Å². The van der Waals surface area contributed by atoms with Gasteiger partial charge in [0, 0.05) is 131 Å². The summed E-state index contributed by atoms with van der Waals surface area (Å²) in [5.74, 6) is 1.71. The van der Waals surface area contributed by atoms with Crippen molar-refractivity contribution in [1.82, 2.24) is 45.3 Å². The molecule has 4 aromatic rings. The fraction of sp³-hybridized carbons (Fsp3) is 0.267. The Hall–Kier alpha value is 1.19. The zero-order valence-electron chi connectivity index (χ0n) is 16.3. The smallest absolute Gasteiger partial charge is 0 e. The summed E-state index contributed by atoms with van der Waals surface area (Å²) in [5, 5.41) is 12.3. The Bertz CT molecular complexity index is 583. The van der Waals surface area contributed by atoms with E-state index in [-0.39, 0.29) is 131 Å². The Morgan fingerprint density at radius 2 is 1.50 bits per heavy atom. The third-order valence-electron chi connectivity index (χ3n) is 2.22. The van der Waals surface area contributed by atoms with E-state index in [2.05, 4.69) is 70.4 Å². The van der Waals surface area contributed by atoms with Crippen LogP contribution in [-0.4, -0.2) is 45.3 Å². The van der Waals surface area contributed by atoms with Crippen molar-refractivity contribution in [2.75, 3.05) is 0 Å². The summed E-state index contributed by atoms with van der Waals surface area (Å²) >= 11 is 0. The first-order valence-corrected chi connectivity index (χ1v) is 6.96. The van der Waals surface area contributed by atoms with E-state index in [0.717, 1.165) is 23.0 Å². The maximum Gasteiger partial charge on any atom is 0 e. The molecule has 0 unspecified atom stereocenters. The van der Waals surface area contributed by atoms with E-state index >= 15 is 0 Å². The number of aryl methyl sites for hydroxylation is 4. The minimum atomic E-state index is 0. The number of aromatic nitrogens is 9. The molecule has 140 valence electrons. The summed E-state index contributed by atoms with van der Waals surface area (Å²) in [6.45, 7) is 7.58. The molecule has 0 aromatic carbocycles. The molecular weight excluding hydrogens is 662 g/mol. The van der Waals surface area contributed by atoms with Crippen LogP contribution < -0.4 is 0 Å². The van der Waals surface area contributed by atoms with Gasteiger partial charge in [0.05, 0.1) is 0 Å². The molecule has 4 aromatic heterocycles. The second kappa shape index (κ2) is 24.5. The van der Waals surface area contributed by atoms with Gasteiger partial charge in [-0.2, -0.15) is 6.07 Å². The van der Waals surface area contributed by atoms with Gasteiger partial charge < -0.3 is 40.2 Å². The summed E-state index contributed by atoms with van der Waals surface area (Å²) in [7, 11) is 0. The molecular formula is C15H19N9Y4-4. The van der Waals surface area contributed by atoms with Gasteiger partial charge in [0.15, 0.2) is 0 Å². The van der Waals surface area contributed by atoms with Crippen LogP contribution in [0, 0.1) is 52.7 Å². The van der Waals surface area contributed by atoms with Gasteiger partial charge in [0.1, 0.15) is 0 Å². The molecule has 0 bridgehead atoms. The van der Waals surface area contributed by atoms with Gasteiger partial charge in [-0.3, -0.25) is 5.10 Å². The van der Waals surface area contributed by atoms with E-state index in [0.29, 0.717) is 0 Å². The van der Waals surface area contributed by atoms with Gasteiger partial charge in [-0.25, -0.2) is 0 Å². The number of H-pyrrole nitrogens is 4. The van der Waals surface area contributed by atoms with Crippen LogP contribution in [0.15, 0.2) is 18.5 Å². The van der Waals surface area contributed by atoms with Gasteiger partial charge in [0.25, 0.3) is 0 Å².